The summed E-state index contributed by atoms with van der Waals surface area (Å²) in [6.07, 6.45) is 8.18. The average Bonchev–Trinajstić information content (AvgIpc) is 3.09. The molecule has 2 aliphatic rings. The highest BCUT2D eigenvalue weighted by atomic mass is 32.2. The Hall–Kier alpha value is -0.920. The topological polar surface area (TPSA) is 64.4 Å². The van der Waals surface area contributed by atoms with Crippen molar-refractivity contribution in [3.8, 4) is 0 Å². The predicted octanol–water partition coefficient (Wildman–Crippen LogP) is 1.03. The first kappa shape index (κ1) is 14.0. The molecule has 0 bridgehead atoms. The normalized spacial score (nSPS) is 31.9. The highest BCUT2D eigenvalue weighted by molar-refractivity contribution is 7.89. The summed E-state index contributed by atoms with van der Waals surface area (Å²) in [7, 11) is -3.12. The molecule has 7 heteroatoms. The van der Waals surface area contributed by atoms with Crippen molar-refractivity contribution in [3.63, 3.8) is 0 Å². The second-order valence-electron chi connectivity index (χ2n) is 5.70. The van der Waals surface area contributed by atoms with Crippen molar-refractivity contribution in [2.45, 2.75) is 37.8 Å². The summed E-state index contributed by atoms with van der Waals surface area (Å²) in [6, 6.07) is 0.266. The fourth-order valence-corrected chi connectivity index (χ4v) is 4.46. The van der Waals surface area contributed by atoms with Crippen LogP contribution in [0.5, 0.6) is 0 Å². The second-order valence-corrected chi connectivity index (χ2v) is 7.96. The summed E-state index contributed by atoms with van der Waals surface area (Å²) in [5, 5.41) is 0. The van der Waals surface area contributed by atoms with Gasteiger partial charge in [-0.2, -0.15) is 4.31 Å². The lowest BCUT2D eigenvalue weighted by atomic mass is 9.90. The molecule has 1 spiro atoms. The zero-order chi connectivity index (χ0) is 14.2. The van der Waals surface area contributed by atoms with E-state index in [9.17, 15) is 8.42 Å². The van der Waals surface area contributed by atoms with Crippen molar-refractivity contribution in [1.29, 1.82) is 0 Å². The van der Waals surface area contributed by atoms with Gasteiger partial charge in [0.1, 0.15) is 0 Å². The summed E-state index contributed by atoms with van der Waals surface area (Å²) in [5.74, 6) is 0.161. The molecule has 6 nitrogen and oxygen atoms in total. The van der Waals surface area contributed by atoms with E-state index in [1.807, 2.05) is 6.20 Å². The van der Waals surface area contributed by atoms with E-state index in [0.29, 0.717) is 19.7 Å². The van der Waals surface area contributed by atoms with Gasteiger partial charge in [-0.3, -0.25) is 0 Å². The van der Waals surface area contributed by atoms with Crippen molar-refractivity contribution in [2.24, 2.45) is 0 Å². The third kappa shape index (κ3) is 2.49. The summed E-state index contributed by atoms with van der Waals surface area (Å²) in [6.45, 7) is 3.45. The Balaban J connectivity index is 1.74. The van der Waals surface area contributed by atoms with E-state index < -0.39 is 10.0 Å². The van der Waals surface area contributed by atoms with Crippen LogP contribution in [0.4, 0.5) is 0 Å². The number of hydrogen-bond acceptors (Lipinski definition) is 4. The summed E-state index contributed by atoms with van der Waals surface area (Å²) in [4.78, 5) is 4.07. The van der Waals surface area contributed by atoms with Crippen LogP contribution in [0.3, 0.4) is 0 Å². The van der Waals surface area contributed by atoms with Gasteiger partial charge in [0.05, 0.1) is 30.3 Å². The molecule has 112 valence electrons. The van der Waals surface area contributed by atoms with Crippen LogP contribution in [-0.2, 0) is 14.8 Å². The number of imidazole rings is 1. The molecule has 2 unspecified atom stereocenters. The molecule has 20 heavy (non-hydrogen) atoms. The highest BCUT2D eigenvalue weighted by Crippen LogP contribution is 2.40. The minimum Gasteiger partial charge on any atom is -0.371 e. The molecule has 0 amide bonds. The third-order valence-corrected chi connectivity index (χ3v) is 6.23. The predicted molar refractivity (Wildman–Crippen MR) is 74.8 cm³/mol. The van der Waals surface area contributed by atoms with Gasteiger partial charge in [-0.15, -0.1) is 0 Å². The Morgan fingerprint density at radius 3 is 3.05 bits per heavy atom. The fourth-order valence-electron chi connectivity index (χ4n) is 3.26. The largest absolute Gasteiger partial charge is 0.371 e. The maximum Gasteiger partial charge on any atom is 0.213 e. The van der Waals surface area contributed by atoms with Crippen molar-refractivity contribution in [1.82, 2.24) is 13.9 Å². The van der Waals surface area contributed by atoms with E-state index in [-0.39, 0.29) is 17.4 Å². The van der Waals surface area contributed by atoms with E-state index in [4.69, 9.17) is 4.74 Å². The van der Waals surface area contributed by atoms with Gasteiger partial charge in [0.25, 0.3) is 0 Å². The molecule has 0 radical (unpaired) electrons. The third-order valence-electron chi connectivity index (χ3n) is 4.40. The number of aromatic nitrogens is 2. The lowest BCUT2D eigenvalue weighted by molar-refractivity contribution is -0.0331. The van der Waals surface area contributed by atoms with Crippen LogP contribution < -0.4 is 0 Å². The number of hydrogen-bond donors (Lipinski definition) is 0. The second kappa shape index (κ2) is 5.13. The van der Waals surface area contributed by atoms with Crippen molar-refractivity contribution >= 4 is 10.0 Å². The molecule has 3 rings (SSSR count). The number of piperidine rings is 1. The van der Waals surface area contributed by atoms with E-state index in [1.54, 1.807) is 23.8 Å². The molecule has 0 saturated carbocycles. The molecule has 3 heterocycles. The standard InChI is InChI=1S/C13H21N3O3S/c1-2-20(17,18)16-6-3-4-13(10-16)8-12(9-19-13)15-7-5-14-11-15/h5,7,11-12H,2-4,6,8-10H2,1H3. The van der Waals surface area contributed by atoms with Crippen molar-refractivity contribution in [2.75, 3.05) is 25.4 Å². The molecule has 1 aromatic heterocycles. The number of nitrogens with zero attached hydrogens (tertiary/aromatic N) is 3. The van der Waals surface area contributed by atoms with Crippen LogP contribution >= 0.6 is 0 Å². The van der Waals surface area contributed by atoms with Gasteiger partial charge in [-0.1, -0.05) is 0 Å². The maximum atomic E-state index is 12.1. The first-order chi connectivity index (χ1) is 9.55. The molecule has 2 saturated heterocycles. The van der Waals surface area contributed by atoms with Gasteiger partial charge >= 0.3 is 0 Å². The maximum absolute atomic E-state index is 12.1. The quantitative estimate of drug-likeness (QED) is 0.836. The molecular weight excluding hydrogens is 278 g/mol. The Kier molecular flexibility index (Phi) is 3.60. The SMILES string of the molecule is CCS(=O)(=O)N1CCCC2(CC(n3ccnc3)CO2)C1. The van der Waals surface area contributed by atoms with Crippen LogP contribution in [0.1, 0.15) is 32.2 Å². The molecule has 0 N–H and O–H groups in total. The number of rotatable bonds is 3. The summed E-state index contributed by atoms with van der Waals surface area (Å²) < 4.78 is 33.8. The van der Waals surface area contributed by atoms with Crippen LogP contribution in [0.25, 0.3) is 0 Å². The van der Waals surface area contributed by atoms with E-state index >= 15 is 0 Å². The summed E-state index contributed by atoms with van der Waals surface area (Å²) >= 11 is 0. The van der Waals surface area contributed by atoms with Crippen LogP contribution in [0, 0.1) is 0 Å². The Morgan fingerprint density at radius 1 is 1.50 bits per heavy atom. The first-order valence-corrected chi connectivity index (χ1v) is 8.75. The van der Waals surface area contributed by atoms with Crippen molar-refractivity contribution in [3.05, 3.63) is 18.7 Å². The molecule has 2 atom stereocenters. The molecule has 2 aliphatic heterocycles. The van der Waals surface area contributed by atoms with Crippen LogP contribution in [-0.4, -0.2) is 53.3 Å². The van der Waals surface area contributed by atoms with Gasteiger partial charge in [-0.25, -0.2) is 13.4 Å². The minimum absolute atomic E-state index is 0.161. The fraction of sp³-hybridized carbons (Fsp3) is 0.769. The number of sulfonamides is 1. The molecular formula is C13H21N3O3S. The van der Waals surface area contributed by atoms with Gasteiger partial charge in [-0.05, 0) is 19.8 Å². The van der Waals surface area contributed by atoms with Gasteiger partial charge in [0.2, 0.25) is 10.0 Å². The van der Waals surface area contributed by atoms with Gasteiger partial charge in [0.15, 0.2) is 0 Å². The van der Waals surface area contributed by atoms with Crippen molar-refractivity contribution < 1.29 is 13.2 Å². The van der Waals surface area contributed by atoms with E-state index in [0.717, 1.165) is 19.3 Å². The molecule has 0 aromatic carbocycles. The Labute approximate surface area is 119 Å². The Bertz CT molecular complexity index is 557. The minimum atomic E-state index is -3.12. The lowest BCUT2D eigenvalue weighted by Gasteiger charge is -2.38. The van der Waals surface area contributed by atoms with Gasteiger partial charge < -0.3 is 9.30 Å². The monoisotopic (exact) mass is 299 g/mol. The molecule has 1 aromatic rings. The molecule has 0 aliphatic carbocycles. The zero-order valence-electron chi connectivity index (χ0n) is 11.7. The van der Waals surface area contributed by atoms with Gasteiger partial charge in [0, 0.05) is 31.9 Å². The smallest absolute Gasteiger partial charge is 0.213 e. The van der Waals surface area contributed by atoms with E-state index in [1.165, 1.54) is 0 Å². The molecule has 2 fully saturated rings. The summed E-state index contributed by atoms with van der Waals surface area (Å²) in [5.41, 5.74) is -0.310. The average molecular weight is 299 g/mol. The first-order valence-electron chi connectivity index (χ1n) is 7.14. The highest BCUT2D eigenvalue weighted by Gasteiger charge is 2.45. The number of ether oxygens (including phenoxy) is 1. The van der Waals surface area contributed by atoms with E-state index in [2.05, 4.69) is 9.55 Å². The Morgan fingerprint density at radius 2 is 2.35 bits per heavy atom. The lowest BCUT2D eigenvalue weighted by Crippen LogP contribution is -2.50. The zero-order valence-corrected chi connectivity index (χ0v) is 12.6. The van der Waals surface area contributed by atoms with Crippen LogP contribution in [0.15, 0.2) is 18.7 Å². The van der Waals surface area contributed by atoms with Crippen LogP contribution in [0.2, 0.25) is 0 Å².